The Morgan fingerprint density at radius 2 is 1.83 bits per heavy atom. The second kappa shape index (κ2) is 5.00. The molecule has 70 valence electrons. The van der Waals surface area contributed by atoms with Crippen LogP contribution in [0.25, 0.3) is 0 Å². The van der Waals surface area contributed by atoms with Gasteiger partial charge in [0.15, 0.2) is 0 Å². The second-order valence-corrected chi connectivity index (χ2v) is 2.76. The Labute approximate surface area is 75.0 Å². The number of hydrogen-bond donors (Lipinski definition) is 4. The minimum absolute atomic E-state index is 0.0891. The molecule has 0 heterocycles. The van der Waals surface area contributed by atoms with Gasteiger partial charge >= 0.3 is 11.9 Å². The van der Waals surface area contributed by atoms with Crippen LogP contribution >= 0.6 is 12.6 Å². The van der Waals surface area contributed by atoms with Gasteiger partial charge in [-0.25, -0.2) is 0 Å². The number of carboxylic acids is 2. The highest BCUT2D eigenvalue weighted by Gasteiger charge is 2.22. The minimum atomic E-state index is -1.19. The summed E-state index contributed by atoms with van der Waals surface area (Å²) >= 11 is 3.77. The molecule has 2 unspecified atom stereocenters. The maximum absolute atomic E-state index is 10.4. The Bertz CT molecular complexity index is 184. The third-order valence-corrected chi connectivity index (χ3v) is 1.87. The average molecular weight is 193 g/mol. The summed E-state index contributed by atoms with van der Waals surface area (Å²) in [6, 6.07) is -1.13. The van der Waals surface area contributed by atoms with Crippen molar-refractivity contribution in [3.05, 3.63) is 0 Å². The predicted octanol–water partition coefficient (Wildman–Crippen LogP) is -0.581. The normalized spacial score (nSPS) is 15.2. The number of nitrogens with two attached hydrogens (primary N) is 1. The molecule has 0 rings (SSSR count). The van der Waals surface area contributed by atoms with Gasteiger partial charge in [0.1, 0.15) is 6.04 Å². The Morgan fingerprint density at radius 1 is 1.33 bits per heavy atom. The predicted molar refractivity (Wildman–Crippen MR) is 45.2 cm³/mol. The lowest BCUT2D eigenvalue weighted by atomic mass is 10.0. The summed E-state index contributed by atoms with van der Waals surface area (Å²) in [5, 5.41) is 16.9. The summed E-state index contributed by atoms with van der Waals surface area (Å²) < 4.78 is 0. The molecule has 0 fully saturated rings. The summed E-state index contributed by atoms with van der Waals surface area (Å²) in [5.41, 5.74) is 5.13. The number of aliphatic carboxylic acids is 2. The quantitative estimate of drug-likeness (QED) is 0.438. The van der Waals surface area contributed by atoms with E-state index in [1.807, 2.05) is 0 Å². The number of hydrogen-bond acceptors (Lipinski definition) is 4. The number of carboxylic acid groups (broad SMARTS) is 2. The topological polar surface area (TPSA) is 101 Å². The van der Waals surface area contributed by atoms with E-state index >= 15 is 0 Å². The fourth-order valence-corrected chi connectivity index (χ4v) is 0.966. The number of rotatable bonds is 5. The molecular weight excluding hydrogens is 182 g/mol. The lowest BCUT2D eigenvalue weighted by Crippen LogP contribution is -2.34. The zero-order valence-corrected chi connectivity index (χ0v) is 7.20. The van der Waals surface area contributed by atoms with Gasteiger partial charge in [0, 0.05) is 5.75 Å². The maximum Gasteiger partial charge on any atom is 0.320 e. The van der Waals surface area contributed by atoms with Gasteiger partial charge in [0.25, 0.3) is 0 Å². The third kappa shape index (κ3) is 3.59. The van der Waals surface area contributed by atoms with Crippen molar-refractivity contribution in [2.75, 3.05) is 5.75 Å². The summed E-state index contributed by atoms with van der Waals surface area (Å²) in [6.07, 6.45) is -0.0891. The van der Waals surface area contributed by atoms with Gasteiger partial charge in [-0.2, -0.15) is 12.6 Å². The van der Waals surface area contributed by atoms with Gasteiger partial charge in [-0.1, -0.05) is 0 Å². The Morgan fingerprint density at radius 3 is 2.08 bits per heavy atom. The van der Waals surface area contributed by atoms with Crippen LogP contribution < -0.4 is 5.73 Å². The number of carbonyl (C=O) groups is 2. The lowest BCUT2D eigenvalue weighted by molar-refractivity contribution is -0.142. The molecule has 2 atom stereocenters. The monoisotopic (exact) mass is 193 g/mol. The molecule has 0 amide bonds. The van der Waals surface area contributed by atoms with Crippen LogP contribution in [0.5, 0.6) is 0 Å². The molecule has 5 nitrogen and oxygen atoms in total. The van der Waals surface area contributed by atoms with E-state index in [1.165, 1.54) is 0 Å². The van der Waals surface area contributed by atoms with Crippen molar-refractivity contribution < 1.29 is 19.8 Å². The molecule has 0 aliphatic rings. The molecule has 6 heteroatoms. The van der Waals surface area contributed by atoms with E-state index in [4.69, 9.17) is 15.9 Å². The molecule has 0 bridgehead atoms. The zero-order chi connectivity index (χ0) is 9.72. The van der Waals surface area contributed by atoms with Crippen LogP contribution in [0.3, 0.4) is 0 Å². The van der Waals surface area contributed by atoms with Crippen molar-refractivity contribution in [1.29, 1.82) is 0 Å². The second-order valence-electron chi connectivity index (χ2n) is 2.40. The standard InChI is InChI=1S/C6H11NO4S/c7-4(6(10)11)1-3(2-12)5(8)9/h3-4,12H,1-2,7H2,(H,8,9)(H,10,11). The molecule has 0 aliphatic heterocycles. The number of thiol groups is 1. The van der Waals surface area contributed by atoms with E-state index in [0.717, 1.165) is 0 Å². The van der Waals surface area contributed by atoms with Gasteiger partial charge in [-0.15, -0.1) is 0 Å². The smallest absolute Gasteiger partial charge is 0.320 e. The lowest BCUT2D eigenvalue weighted by Gasteiger charge is -2.11. The molecule has 0 aromatic carbocycles. The third-order valence-electron chi connectivity index (χ3n) is 1.43. The van der Waals surface area contributed by atoms with Crippen LogP contribution in [-0.2, 0) is 9.59 Å². The van der Waals surface area contributed by atoms with Gasteiger partial charge in [0.2, 0.25) is 0 Å². The van der Waals surface area contributed by atoms with E-state index in [1.54, 1.807) is 0 Å². The highest BCUT2D eigenvalue weighted by Crippen LogP contribution is 2.07. The molecule has 0 saturated heterocycles. The van der Waals surface area contributed by atoms with Crippen molar-refractivity contribution in [3.63, 3.8) is 0 Å². The van der Waals surface area contributed by atoms with E-state index in [0.29, 0.717) is 0 Å². The largest absolute Gasteiger partial charge is 0.481 e. The van der Waals surface area contributed by atoms with E-state index < -0.39 is 23.9 Å². The van der Waals surface area contributed by atoms with Crippen LogP contribution in [0.15, 0.2) is 0 Å². The first kappa shape index (κ1) is 11.2. The maximum atomic E-state index is 10.4. The van der Waals surface area contributed by atoms with E-state index in [2.05, 4.69) is 12.6 Å². The Kier molecular flexibility index (Phi) is 4.68. The van der Waals surface area contributed by atoms with Crippen molar-refractivity contribution in [2.45, 2.75) is 12.5 Å². The fraction of sp³-hybridized carbons (Fsp3) is 0.667. The SMILES string of the molecule is NC(CC(CS)C(=O)O)C(=O)O. The van der Waals surface area contributed by atoms with Gasteiger partial charge < -0.3 is 15.9 Å². The highest BCUT2D eigenvalue weighted by molar-refractivity contribution is 7.80. The fourth-order valence-electron chi connectivity index (χ4n) is 0.661. The highest BCUT2D eigenvalue weighted by atomic mass is 32.1. The van der Waals surface area contributed by atoms with E-state index in [-0.39, 0.29) is 12.2 Å². The van der Waals surface area contributed by atoms with Crippen molar-refractivity contribution in [1.82, 2.24) is 0 Å². The van der Waals surface area contributed by atoms with Gasteiger partial charge in [-0.05, 0) is 6.42 Å². The zero-order valence-electron chi connectivity index (χ0n) is 6.30. The van der Waals surface area contributed by atoms with Crippen LogP contribution in [0, 0.1) is 5.92 Å². The summed E-state index contributed by atoms with van der Waals surface area (Å²) in [4.78, 5) is 20.6. The van der Waals surface area contributed by atoms with Crippen molar-refractivity contribution >= 4 is 24.6 Å². The van der Waals surface area contributed by atoms with Gasteiger partial charge in [0.05, 0.1) is 5.92 Å². The Hall–Kier alpha value is -0.750. The first-order valence-electron chi connectivity index (χ1n) is 3.31. The van der Waals surface area contributed by atoms with Crippen LogP contribution in [0.1, 0.15) is 6.42 Å². The van der Waals surface area contributed by atoms with Gasteiger partial charge in [-0.3, -0.25) is 9.59 Å². The molecule has 4 N–H and O–H groups in total. The molecule has 12 heavy (non-hydrogen) atoms. The van der Waals surface area contributed by atoms with Crippen molar-refractivity contribution in [2.24, 2.45) is 11.7 Å². The van der Waals surface area contributed by atoms with Crippen LogP contribution in [0.4, 0.5) is 0 Å². The van der Waals surface area contributed by atoms with Crippen LogP contribution in [-0.4, -0.2) is 33.9 Å². The first-order chi connectivity index (χ1) is 5.49. The molecule has 0 saturated carbocycles. The molecule has 0 spiro atoms. The summed E-state index contributed by atoms with van der Waals surface area (Å²) in [5.74, 6) is -2.96. The van der Waals surface area contributed by atoms with E-state index in [9.17, 15) is 9.59 Å². The minimum Gasteiger partial charge on any atom is -0.481 e. The summed E-state index contributed by atoms with van der Waals surface area (Å²) in [7, 11) is 0. The van der Waals surface area contributed by atoms with Crippen LogP contribution in [0.2, 0.25) is 0 Å². The molecule has 0 aliphatic carbocycles. The molecule has 0 radical (unpaired) electrons. The van der Waals surface area contributed by atoms with Crippen molar-refractivity contribution in [3.8, 4) is 0 Å². The summed E-state index contributed by atoms with van der Waals surface area (Å²) in [6.45, 7) is 0. The first-order valence-corrected chi connectivity index (χ1v) is 3.94. The molecular formula is C6H11NO4S. The molecule has 0 aromatic heterocycles. The molecule has 0 aromatic rings. The Balaban J connectivity index is 4.02. The average Bonchev–Trinajstić information content (AvgIpc) is 1.98.